The molecule has 0 bridgehead atoms. The summed E-state index contributed by atoms with van der Waals surface area (Å²) in [6.45, 7) is -0.163. The minimum Gasteiger partial charge on any atom is -0.220 e. The molecule has 1 aromatic carbocycles. The molecule has 2 aromatic heterocycles. The van der Waals surface area contributed by atoms with Gasteiger partial charge in [-0.15, -0.1) is 5.10 Å². The second-order valence-corrected chi connectivity index (χ2v) is 7.05. The lowest BCUT2D eigenvalue weighted by Crippen LogP contribution is -2.24. The summed E-state index contributed by atoms with van der Waals surface area (Å²) in [5.41, 5.74) is 1.17. The molecule has 0 aliphatic rings. The van der Waals surface area contributed by atoms with Gasteiger partial charge in [0.1, 0.15) is 16.5 Å². The molecule has 0 radical (unpaired) electrons. The number of hydrogen-bond acceptors (Lipinski definition) is 5. The zero-order chi connectivity index (χ0) is 16.4. The van der Waals surface area contributed by atoms with Crippen molar-refractivity contribution < 1.29 is 17.2 Å². The number of halogens is 2. The molecule has 23 heavy (non-hydrogen) atoms. The number of nitrogens with zero attached hydrogens (tertiary/aromatic N) is 3. The summed E-state index contributed by atoms with van der Waals surface area (Å²) in [5, 5.41) is 11.4. The monoisotopic (exact) mass is 356 g/mol. The van der Waals surface area contributed by atoms with Crippen LogP contribution < -0.4 is 4.72 Å². The first-order valence-electron chi connectivity index (χ1n) is 6.34. The van der Waals surface area contributed by atoms with Crippen molar-refractivity contribution in [2.45, 2.75) is 11.4 Å². The molecule has 120 valence electrons. The highest BCUT2D eigenvalue weighted by Crippen LogP contribution is 2.16. The van der Waals surface area contributed by atoms with Crippen molar-refractivity contribution in [2.75, 3.05) is 0 Å². The van der Waals surface area contributed by atoms with E-state index in [1.165, 1.54) is 16.0 Å². The van der Waals surface area contributed by atoms with E-state index in [4.69, 9.17) is 0 Å². The van der Waals surface area contributed by atoms with Crippen LogP contribution in [0.3, 0.4) is 0 Å². The van der Waals surface area contributed by atoms with Gasteiger partial charge in [-0.3, -0.25) is 0 Å². The number of sulfonamides is 1. The molecule has 0 aliphatic heterocycles. The Balaban J connectivity index is 1.75. The molecule has 0 saturated heterocycles. The van der Waals surface area contributed by atoms with Crippen molar-refractivity contribution in [2.24, 2.45) is 0 Å². The van der Waals surface area contributed by atoms with E-state index in [-0.39, 0.29) is 6.54 Å². The summed E-state index contributed by atoms with van der Waals surface area (Å²) in [4.78, 5) is -0.621. The van der Waals surface area contributed by atoms with Gasteiger partial charge in [0.05, 0.1) is 24.1 Å². The smallest absolute Gasteiger partial charge is 0.220 e. The molecule has 2 heterocycles. The fourth-order valence-corrected chi connectivity index (χ4v) is 3.51. The lowest BCUT2D eigenvalue weighted by atomic mass is 10.3. The minimum absolute atomic E-state index is 0.163. The van der Waals surface area contributed by atoms with Crippen LogP contribution in [-0.4, -0.2) is 23.4 Å². The summed E-state index contributed by atoms with van der Waals surface area (Å²) >= 11 is 1.49. The second kappa shape index (κ2) is 6.14. The molecule has 0 amide bonds. The Labute approximate surface area is 134 Å². The summed E-state index contributed by atoms with van der Waals surface area (Å²) in [5.74, 6) is -2.00. The maximum Gasteiger partial charge on any atom is 0.243 e. The van der Waals surface area contributed by atoms with Gasteiger partial charge in [0.25, 0.3) is 0 Å². The van der Waals surface area contributed by atoms with Crippen molar-refractivity contribution in [3.05, 3.63) is 58.6 Å². The molecule has 3 rings (SSSR count). The summed E-state index contributed by atoms with van der Waals surface area (Å²) in [6.07, 6.45) is 1.56. The summed E-state index contributed by atoms with van der Waals surface area (Å²) < 4.78 is 54.2. The van der Waals surface area contributed by atoms with Gasteiger partial charge in [-0.05, 0) is 23.6 Å². The zero-order valence-corrected chi connectivity index (χ0v) is 13.1. The predicted molar refractivity (Wildman–Crippen MR) is 79.6 cm³/mol. The molecule has 1 N–H and O–H groups in total. The first-order valence-corrected chi connectivity index (χ1v) is 8.77. The predicted octanol–water partition coefficient (Wildman–Crippen LogP) is 2.09. The molecule has 0 fully saturated rings. The van der Waals surface area contributed by atoms with E-state index >= 15 is 0 Å². The number of benzene rings is 1. The highest BCUT2D eigenvalue weighted by molar-refractivity contribution is 7.89. The van der Waals surface area contributed by atoms with E-state index in [9.17, 15) is 17.2 Å². The zero-order valence-electron chi connectivity index (χ0n) is 11.5. The van der Waals surface area contributed by atoms with Gasteiger partial charge in [0.15, 0.2) is 0 Å². The maximum absolute atomic E-state index is 13.6. The number of thiophene rings is 1. The lowest BCUT2D eigenvalue weighted by molar-refractivity contribution is 0.542. The number of rotatable bonds is 5. The van der Waals surface area contributed by atoms with Gasteiger partial charge >= 0.3 is 0 Å². The van der Waals surface area contributed by atoms with Crippen LogP contribution in [-0.2, 0) is 16.6 Å². The molecule has 0 spiro atoms. The van der Waals surface area contributed by atoms with Crippen LogP contribution in [0.2, 0.25) is 0 Å². The largest absolute Gasteiger partial charge is 0.243 e. The van der Waals surface area contributed by atoms with Gasteiger partial charge in [0.2, 0.25) is 10.0 Å². The van der Waals surface area contributed by atoms with Gasteiger partial charge in [-0.2, -0.15) is 11.3 Å². The van der Waals surface area contributed by atoms with E-state index in [2.05, 4.69) is 15.0 Å². The third-order valence-electron chi connectivity index (χ3n) is 2.94. The third kappa shape index (κ3) is 3.44. The van der Waals surface area contributed by atoms with Gasteiger partial charge < -0.3 is 0 Å². The highest BCUT2D eigenvalue weighted by Gasteiger charge is 2.19. The Morgan fingerprint density at radius 3 is 2.78 bits per heavy atom. The highest BCUT2D eigenvalue weighted by atomic mass is 32.2. The van der Waals surface area contributed by atoms with Crippen LogP contribution in [0.5, 0.6) is 0 Å². The average molecular weight is 356 g/mol. The molecule has 0 aliphatic carbocycles. The van der Waals surface area contributed by atoms with Crippen LogP contribution in [0, 0.1) is 11.6 Å². The van der Waals surface area contributed by atoms with Crippen LogP contribution in [0.15, 0.2) is 46.1 Å². The van der Waals surface area contributed by atoms with Crippen molar-refractivity contribution in [3.8, 4) is 5.69 Å². The first kappa shape index (κ1) is 15.7. The van der Waals surface area contributed by atoms with E-state index < -0.39 is 26.6 Å². The number of nitrogens with one attached hydrogen (secondary N) is 1. The number of hydrogen-bond donors (Lipinski definition) is 1. The van der Waals surface area contributed by atoms with Gasteiger partial charge in [-0.25, -0.2) is 26.6 Å². The minimum atomic E-state index is -4.12. The Morgan fingerprint density at radius 2 is 2.09 bits per heavy atom. The Hall–Kier alpha value is -2.17. The number of aromatic nitrogens is 3. The standard InChI is InChI=1S/C13H10F2N4O2S2/c14-9-1-2-13(12(15)5-9)23(20,21)16-6-10-7-19(18-17-10)11-3-4-22-8-11/h1-5,7-8,16H,6H2. The second-order valence-electron chi connectivity index (χ2n) is 4.54. The van der Waals surface area contributed by atoms with Crippen LogP contribution in [0.4, 0.5) is 8.78 Å². The van der Waals surface area contributed by atoms with Crippen LogP contribution in [0.1, 0.15) is 5.69 Å². The fourth-order valence-electron chi connectivity index (χ4n) is 1.83. The Kier molecular flexibility index (Phi) is 4.20. The van der Waals surface area contributed by atoms with Crippen molar-refractivity contribution >= 4 is 21.4 Å². The molecule has 0 atom stereocenters. The van der Waals surface area contributed by atoms with E-state index in [0.29, 0.717) is 11.8 Å². The molecule has 0 unspecified atom stereocenters. The average Bonchev–Trinajstić information content (AvgIpc) is 3.16. The Bertz CT molecular complexity index is 923. The molecule has 6 nitrogen and oxygen atoms in total. The molecular weight excluding hydrogens is 346 g/mol. The lowest BCUT2D eigenvalue weighted by Gasteiger charge is -2.06. The van der Waals surface area contributed by atoms with Crippen molar-refractivity contribution in [1.29, 1.82) is 0 Å². The quantitative estimate of drug-likeness (QED) is 0.759. The van der Waals surface area contributed by atoms with E-state index in [0.717, 1.165) is 17.8 Å². The van der Waals surface area contributed by atoms with E-state index in [1.54, 1.807) is 6.20 Å². The van der Waals surface area contributed by atoms with E-state index in [1.807, 2.05) is 16.8 Å². The van der Waals surface area contributed by atoms with Gasteiger partial charge in [-0.1, -0.05) is 5.21 Å². The summed E-state index contributed by atoms with van der Waals surface area (Å²) in [7, 11) is -4.12. The fraction of sp³-hybridized carbons (Fsp3) is 0.0769. The van der Waals surface area contributed by atoms with Crippen LogP contribution in [0.25, 0.3) is 5.69 Å². The molecular formula is C13H10F2N4O2S2. The molecule has 0 saturated carbocycles. The normalized spacial score (nSPS) is 11.7. The van der Waals surface area contributed by atoms with Gasteiger partial charge in [0, 0.05) is 11.4 Å². The molecule has 10 heteroatoms. The van der Waals surface area contributed by atoms with Crippen molar-refractivity contribution in [3.63, 3.8) is 0 Å². The van der Waals surface area contributed by atoms with Crippen LogP contribution >= 0.6 is 11.3 Å². The maximum atomic E-state index is 13.6. The summed E-state index contributed by atoms with van der Waals surface area (Å²) in [6, 6.07) is 4.10. The topological polar surface area (TPSA) is 76.9 Å². The Morgan fingerprint density at radius 1 is 1.26 bits per heavy atom. The first-order chi connectivity index (χ1) is 11.0. The molecule has 3 aromatic rings. The van der Waals surface area contributed by atoms with Crippen molar-refractivity contribution in [1.82, 2.24) is 19.7 Å². The SMILES string of the molecule is O=S(=O)(NCc1cn(-c2ccsc2)nn1)c1ccc(F)cc1F. The third-order valence-corrected chi connectivity index (χ3v) is 5.04.